The molecule has 0 bridgehead atoms. The van der Waals surface area contributed by atoms with Gasteiger partial charge in [0.05, 0.1) is 12.1 Å². The van der Waals surface area contributed by atoms with Crippen LogP contribution < -0.4 is 5.32 Å². The van der Waals surface area contributed by atoms with E-state index in [4.69, 9.17) is 16.3 Å². The van der Waals surface area contributed by atoms with Gasteiger partial charge in [-0.05, 0) is 37.6 Å². The van der Waals surface area contributed by atoms with Gasteiger partial charge in [0, 0.05) is 17.3 Å². The molecule has 2 rings (SSSR count). The Kier molecular flexibility index (Phi) is 2.94. The van der Waals surface area contributed by atoms with E-state index in [1.54, 1.807) is 0 Å². The minimum atomic E-state index is 0.297. The minimum absolute atomic E-state index is 0.297. The zero-order chi connectivity index (χ0) is 9.97. The first kappa shape index (κ1) is 9.81. The number of rotatable bonds is 2. The number of hydrogen-bond donors (Lipinski definition) is 1. The van der Waals surface area contributed by atoms with E-state index in [1.807, 2.05) is 24.3 Å². The molecule has 1 aromatic carbocycles. The van der Waals surface area contributed by atoms with E-state index in [-0.39, 0.29) is 0 Å². The van der Waals surface area contributed by atoms with E-state index in [0.717, 1.165) is 23.7 Å². The molecule has 2 nitrogen and oxygen atoms in total. The zero-order valence-electron chi connectivity index (χ0n) is 8.16. The summed E-state index contributed by atoms with van der Waals surface area (Å²) in [5, 5.41) is 4.20. The average molecular weight is 212 g/mol. The van der Waals surface area contributed by atoms with Crippen LogP contribution in [-0.4, -0.2) is 18.8 Å². The van der Waals surface area contributed by atoms with Gasteiger partial charge in [-0.2, -0.15) is 0 Å². The fourth-order valence-electron chi connectivity index (χ4n) is 1.68. The predicted octanol–water partition coefficient (Wildman–Crippen LogP) is 2.93. The Morgan fingerprint density at radius 2 is 2.07 bits per heavy atom. The van der Waals surface area contributed by atoms with E-state index in [2.05, 4.69) is 12.2 Å². The summed E-state index contributed by atoms with van der Waals surface area (Å²) in [6.07, 6.45) is 1.37. The number of anilines is 1. The van der Waals surface area contributed by atoms with Crippen LogP contribution in [0.4, 0.5) is 5.69 Å². The molecule has 1 aliphatic rings. The third-order valence-corrected chi connectivity index (χ3v) is 2.82. The summed E-state index contributed by atoms with van der Waals surface area (Å²) >= 11 is 5.80. The molecule has 0 amide bonds. The summed E-state index contributed by atoms with van der Waals surface area (Å²) < 4.78 is 5.47. The molecule has 1 fully saturated rings. The van der Waals surface area contributed by atoms with Gasteiger partial charge in [-0.1, -0.05) is 11.6 Å². The Labute approximate surface area is 89.2 Å². The average Bonchev–Trinajstić information content (AvgIpc) is 2.56. The first-order valence-corrected chi connectivity index (χ1v) is 5.27. The molecule has 0 radical (unpaired) electrons. The van der Waals surface area contributed by atoms with Crippen LogP contribution in [-0.2, 0) is 4.74 Å². The first-order chi connectivity index (χ1) is 6.75. The van der Waals surface area contributed by atoms with Crippen molar-refractivity contribution in [1.82, 2.24) is 0 Å². The van der Waals surface area contributed by atoms with E-state index >= 15 is 0 Å². The highest BCUT2D eigenvalue weighted by Gasteiger charge is 2.23. The van der Waals surface area contributed by atoms with Crippen LogP contribution in [0.3, 0.4) is 0 Å². The fourth-order valence-corrected chi connectivity index (χ4v) is 1.81. The number of nitrogens with one attached hydrogen (secondary N) is 1. The maximum absolute atomic E-state index is 5.80. The lowest BCUT2D eigenvalue weighted by Crippen LogP contribution is -2.26. The number of halogens is 1. The Bertz CT molecular complexity index is 299. The smallest absolute Gasteiger partial charge is 0.0748 e. The van der Waals surface area contributed by atoms with Crippen molar-refractivity contribution in [3.63, 3.8) is 0 Å². The van der Waals surface area contributed by atoms with Crippen molar-refractivity contribution in [3.8, 4) is 0 Å². The van der Waals surface area contributed by atoms with Gasteiger partial charge in [-0.3, -0.25) is 0 Å². The maximum atomic E-state index is 5.80. The number of benzene rings is 1. The second-order valence-electron chi connectivity index (χ2n) is 3.62. The highest BCUT2D eigenvalue weighted by molar-refractivity contribution is 6.30. The molecule has 0 aliphatic carbocycles. The minimum Gasteiger partial charge on any atom is -0.380 e. The molecular formula is C11H14ClNO. The van der Waals surface area contributed by atoms with E-state index in [0.29, 0.717) is 12.1 Å². The molecule has 1 aromatic rings. The van der Waals surface area contributed by atoms with Crippen molar-refractivity contribution in [3.05, 3.63) is 29.3 Å². The SMILES string of the molecule is C[C@H]1OCC[C@H]1Nc1ccc(Cl)cc1. The van der Waals surface area contributed by atoms with Crippen molar-refractivity contribution in [2.45, 2.75) is 25.5 Å². The van der Waals surface area contributed by atoms with Crippen LogP contribution in [0.2, 0.25) is 5.02 Å². The normalized spacial score (nSPS) is 26.4. The summed E-state index contributed by atoms with van der Waals surface area (Å²) in [5.74, 6) is 0. The van der Waals surface area contributed by atoms with Crippen LogP contribution in [0.15, 0.2) is 24.3 Å². The monoisotopic (exact) mass is 211 g/mol. The van der Waals surface area contributed by atoms with E-state index in [1.165, 1.54) is 0 Å². The number of hydrogen-bond acceptors (Lipinski definition) is 2. The highest BCUT2D eigenvalue weighted by Crippen LogP contribution is 2.20. The Hall–Kier alpha value is -0.730. The Morgan fingerprint density at radius 3 is 2.64 bits per heavy atom. The molecule has 2 atom stereocenters. The lowest BCUT2D eigenvalue weighted by atomic mass is 10.1. The molecule has 0 spiro atoms. The zero-order valence-corrected chi connectivity index (χ0v) is 8.92. The summed E-state index contributed by atoms with van der Waals surface area (Å²) in [5.41, 5.74) is 1.11. The molecule has 0 unspecified atom stereocenters. The topological polar surface area (TPSA) is 21.3 Å². The van der Waals surface area contributed by atoms with Crippen molar-refractivity contribution >= 4 is 17.3 Å². The molecule has 1 N–H and O–H groups in total. The van der Waals surface area contributed by atoms with Gasteiger partial charge < -0.3 is 10.1 Å². The summed E-state index contributed by atoms with van der Waals surface area (Å²) in [7, 11) is 0. The summed E-state index contributed by atoms with van der Waals surface area (Å²) in [4.78, 5) is 0. The first-order valence-electron chi connectivity index (χ1n) is 4.89. The third-order valence-electron chi connectivity index (χ3n) is 2.57. The van der Waals surface area contributed by atoms with E-state index in [9.17, 15) is 0 Å². The predicted molar refractivity (Wildman–Crippen MR) is 58.9 cm³/mol. The third kappa shape index (κ3) is 2.20. The van der Waals surface area contributed by atoms with E-state index < -0.39 is 0 Å². The van der Waals surface area contributed by atoms with Gasteiger partial charge in [-0.15, -0.1) is 0 Å². The van der Waals surface area contributed by atoms with Crippen LogP contribution in [0.1, 0.15) is 13.3 Å². The molecule has 0 saturated carbocycles. The van der Waals surface area contributed by atoms with Crippen LogP contribution in [0, 0.1) is 0 Å². The quantitative estimate of drug-likeness (QED) is 0.812. The standard InChI is InChI=1S/C11H14ClNO/c1-8-11(6-7-14-8)13-10-4-2-9(12)3-5-10/h2-5,8,11,13H,6-7H2,1H3/t8-,11-/m1/s1. The lowest BCUT2D eigenvalue weighted by molar-refractivity contribution is 0.121. The molecule has 1 aliphatic heterocycles. The Balaban J connectivity index is 2.00. The molecule has 14 heavy (non-hydrogen) atoms. The van der Waals surface area contributed by atoms with Gasteiger partial charge >= 0.3 is 0 Å². The molecule has 3 heteroatoms. The van der Waals surface area contributed by atoms with Gasteiger partial charge in [0.1, 0.15) is 0 Å². The van der Waals surface area contributed by atoms with Crippen LogP contribution in [0.5, 0.6) is 0 Å². The highest BCUT2D eigenvalue weighted by atomic mass is 35.5. The lowest BCUT2D eigenvalue weighted by Gasteiger charge is -2.17. The van der Waals surface area contributed by atoms with Gasteiger partial charge in [-0.25, -0.2) is 0 Å². The molecule has 0 aromatic heterocycles. The molecule has 1 saturated heterocycles. The fraction of sp³-hybridized carbons (Fsp3) is 0.455. The van der Waals surface area contributed by atoms with Crippen molar-refractivity contribution in [2.24, 2.45) is 0 Å². The second-order valence-corrected chi connectivity index (χ2v) is 4.06. The molecule has 76 valence electrons. The van der Waals surface area contributed by atoms with Crippen LogP contribution in [0.25, 0.3) is 0 Å². The second kappa shape index (κ2) is 4.20. The summed E-state index contributed by atoms with van der Waals surface area (Å²) in [6, 6.07) is 8.20. The Morgan fingerprint density at radius 1 is 1.36 bits per heavy atom. The molecule has 1 heterocycles. The number of ether oxygens (including phenoxy) is 1. The van der Waals surface area contributed by atoms with Crippen LogP contribution >= 0.6 is 11.6 Å². The van der Waals surface area contributed by atoms with Gasteiger partial charge in [0.25, 0.3) is 0 Å². The van der Waals surface area contributed by atoms with Crippen molar-refractivity contribution in [1.29, 1.82) is 0 Å². The van der Waals surface area contributed by atoms with Crippen molar-refractivity contribution < 1.29 is 4.74 Å². The summed E-state index contributed by atoms with van der Waals surface area (Å²) in [6.45, 7) is 2.95. The van der Waals surface area contributed by atoms with Gasteiger partial charge in [0.15, 0.2) is 0 Å². The largest absolute Gasteiger partial charge is 0.380 e. The maximum Gasteiger partial charge on any atom is 0.0748 e. The van der Waals surface area contributed by atoms with Crippen molar-refractivity contribution in [2.75, 3.05) is 11.9 Å². The van der Waals surface area contributed by atoms with Gasteiger partial charge in [0.2, 0.25) is 0 Å². The molecular weight excluding hydrogens is 198 g/mol.